The molecule has 5 heteroatoms. The largest absolute Gasteiger partial charge is 0.493 e. The van der Waals surface area contributed by atoms with Crippen molar-refractivity contribution in [3.8, 4) is 22.8 Å². The quantitative estimate of drug-likeness (QED) is 0.846. The number of benzene rings is 1. The van der Waals surface area contributed by atoms with Crippen LogP contribution in [0.25, 0.3) is 11.3 Å². The molecule has 0 aliphatic carbocycles. The van der Waals surface area contributed by atoms with Crippen LogP contribution >= 0.6 is 0 Å². The summed E-state index contributed by atoms with van der Waals surface area (Å²) in [7, 11) is 1.62. The lowest BCUT2D eigenvalue weighted by Crippen LogP contribution is -1.95. The number of aromatic amines is 1. The van der Waals surface area contributed by atoms with Gasteiger partial charge in [-0.25, -0.2) is 0 Å². The van der Waals surface area contributed by atoms with Gasteiger partial charge in [-0.2, -0.15) is 5.10 Å². The Morgan fingerprint density at radius 2 is 2.11 bits per heavy atom. The van der Waals surface area contributed by atoms with E-state index in [4.69, 9.17) is 15.2 Å². The second-order valence-electron chi connectivity index (χ2n) is 3.78. The molecule has 18 heavy (non-hydrogen) atoms. The van der Waals surface area contributed by atoms with Crippen molar-refractivity contribution in [1.82, 2.24) is 10.2 Å². The van der Waals surface area contributed by atoms with Crippen LogP contribution < -0.4 is 15.2 Å². The minimum atomic E-state index is 0.446. The van der Waals surface area contributed by atoms with Gasteiger partial charge >= 0.3 is 0 Å². The van der Waals surface area contributed by atoms with Gasteiger partial charge in [-0.1, -0.05) is 0 Å². The molecule has 2 rings (SSSR count). The zero-order chi connectivity index (χ0) is 13.0. The third kappa shape index (κ3) is 2.46. The summed E-state index contributed by atoms with van der Waals surface area (Å²) in [5.41, 5.74) is 8.26. The van der Waals surface area contributed by atoms with Gasteiger partial charge in [-0.15, -0.1) is 0 Å². The summed E-state index contributed by atoms with van der Waals surface area (Å²) in [6.07, 6.45) is 0. The van der Waals surface area contributed by atoms with E-state index in [0.717, 1.165) is 28.5 Å². The number of hydrogen-bond acceptors (Lipinski definition) is 4. The molecule has 0 amide bonds. The summed E-state index contributed by atoms with van der Waals surface area (Å²) >= 11 is 0. The molecule has 0 bridgehead atoms. The topological polar surface area (TPSA) is 73.2 Å². The van der Waals surface area contributed by atoms with Crippen LogP contribution in [0, 0.1) is 0 Å². The predicted octanol–water partition coefficient (Wildman–Crippen LogP) is 1.94. The van der Waals surface area contributed by atoms with Crippen LogP contribution in [0.15, 0.2) is 24.3 Å². The van der Waals surface area contributed by atoms with Crippen molar-refractivity contribution in [2.24, 2.45) is 5.73 Å². The molecular formula is C13H17N3O2. The number of aromatic nitrogens is 2. The van der Waals surface area contributed by atoms with E-state index >= 15 is 0 Å². The minimum absolute atomic E-state index is 0.446. The predicted molar refractivity (Wildman–Crippen MR) is 69.6 cm³/mol. The molecule has 3 N–H and O–H groups in total. The molecule has 0 unspecified atom stereocenters. The highest BCUT2D eigenvalue weighted by atomic mass is 16.5. The van der Waals surface area contributed by atoms with Crippen LogP contribution in [0.3, 0.4) is 0 Å². The van der Waals surface area contributed by atoms with Crippen molar-refractivity contribution in [2.75, 3.05) is 13.7 Å². The number of nitrogens with one attached hydrogen (secondary N) is 1. The smallest absolute Gasteiger partial charge is 0.161 e. The highest BCUT2D eigenvalue weighted by Crippen LogP contribution is 2.31. The molecule has 5 nitrogen and oxygen atoms in total. The lowest BCUT2D eigenvalue weighted by atomic mass is 10.1. The van der Waals surface area contributed by atoms with Gasteiger partial charge < -0.3 is 15.2 Å². The maximum absolute atomic E-state index is 5.55. The van der Waals surface area contributed by atoms with E-state index in [9.17, 15) is 0 Å². The molecule has 0 fully saturated rings. The number of methoxy groups -OCH3 is 1. The fourth-order valence-corrected chi connectivity index (χ4v) is 1.72. The van der Waals surface area contributed by atoms with Crippen LogP contribution in [0.5, 0.6) is 11.5 Å². The molecule has 1 heterocycles. The lowest BCUT2D eigenvalue weighted by molar-refractivity contribution is 0.311. The Balaban J connectivity index is 2.36. The first-order valence-electron chi connectivity index (χ1n) is 5.84. The third-order valence-electron chi connectivity index (χ3n) is 2.61. The summed E-state index contributed by atoms with van der Waals surface area (Å²) in [5, 5.41) is 7.10. The molecule has 96 valence electrons. The van der Waals surface area contributed by atoms with E-state index in [1.165, 1.54) is 0 Å². The molecule has 0 spiro atoms. The highest BCUT2D eigenvalue weighted by Gasteiger charge is 2.09. The van der Waals surface area contributed by atoms with Gasteiger partial charge in [0.2, 0.25) is 0 Å². The van der Waals surface area contributed by atoms with Crippen LogP contribution in [-0.4, -0.2) is 23.9 Å². The van der Waals surface area contributed by atoms with Crippen LogP contribution in [-0.2, 0) is 6.54 Å². The molecule has 0 aliphatic heterocycles. The first-order chi connectivity index (χ1) is 8.78. The summed E-state index contributed by atoms with van der Waals surface area (Å²) in [4.78, 5) is 0. The van der Waals surface area contributed by atoms with Gasteiger partial charge in [-0.3, -0.25) is 5.10 Å². The van der Waals surface area contributed by atoms with Crippen LogP contribution in [0.1, 0.15) is 12.6 Å². The van der Waals surface area contributed by atoms with E-state index in [1.807, 2.05) is 31.2 Å². The van der Waals surface area contributed by atoms with E-state index in [-0.39, 0.29) is 0 Å². The standard InChI is InChI=1S/C13H17N3O2/c1-3-18-13-6-9(4-5-12(13)17-2)11-7-10(8-14)15-16-11/h4-7H,3,8,14H2,1-2H3,(H,15,16). The van der Waals surface area contributed by atoms with Gasteiger partial charge in [0, 0.05) is 17.8 Å². The second kappa shape index (κ2) is 5.55. The Hall–Kier alpha value is -2.01. The maximum Gasteiger partial charge on any atom is 0.161 e. The first kappa shape index (κ1) is 12.4. The molecule has 1 aromatic heterocycles. The first-order valence-corrected chi connectivity index (χ1v) is 5.84. The van der Waals surface area contributed by atoms with E-state index < -0.39 is 0 Å². The third-order valence-corrected chi connectivity index (χ3v) is 2.61. The van der Waals surface area contributed by atoms with E-state index in [1.54, 1.807) is 7.11 Å². The molecule has 2 aromatic rings. The van der Waals surface area contributed by atoms with Gasteiger partial charge in [-0.05, 0) is 31.2 Å². The maximum atomic E-state index is 5.55. The number of ether oxygens (including phenoxy) is 2. The monoisotopic (exact) mass is 247 g/mol. The highest BCUT2D eigenvalue weighted by molar-refractivity contribution is 5.64. The average Bonchev–Trinajstić information content (AvgIpc) is 2.88. The zero-order valence-electron chi connectivity index (χ0n) is 10.6. The van der Waals surface area contributed by atoms with Gasteiger partial charge in [0.1, 0.15) is 0 Å². The number of nitrogens with two attached hydrogens (primary N) is 1. The summed E-state index contributed by atoms with van der Waals surface area (Å²) in [6.45, 7) is 2.98. The number of rotatable bonds is 5. The zero-order valence-corrected chi connectivity index (χ0v) is 10.6. The van der Waals surface area contributed by atoms with Gasteiger partial charge in [0.05, 0.1) is 19.4 Å². The molecule has 1 aromatic carbocycles. The van der Waals surface area contributed by atoms with Crippen molar-refractivity contribution in [2.45, 2.75) is 13.5 Å². The van der Waals surface area contributed by atoms with E-state index in [2.05, 4.69) is 10.2 Å². The number of hydrogen-bond donors (Lipinski definition) is 2. The summed E-state index contributed by atoms with van der Waals surface area (Å²) in [6, 6.07) is 7.66. The fourth-order valence-electron chi connectivity index (χ4n) is 1.72. The molecule has 0 saturated heterocycles. The molecular weight excluding hydrogens is 230 g/mol. The average molecular weight is 247 g/mol. The fraction of sp³-hybridized carbons (Fsp3) is 0.308. The summed E-state index contributed by atoms with van der Waals surface area (Å²) < 4.78 is 10.8. The van der Waals surface area contributed by atoms with Crippen molar-refractivity contribution < 1.29 is 9.47 Å². The van der Waals surface area contributed by atoms with Crippen molar-refractivity contribution >= 4 is 0 Å². The van der Waals surface area contributed by atoms with Crippen molar-refractivity contribution in [3.05, 3.63) is 30.0 Å². The molecule has 0 aliphatic rings. The van der Waals surface area contributed by atoms with Crippen molar-refractivity contribution in [3.63, 3.8) is 0 Å². The Morgan fingerprint density at radius 3 is 2.72 bits per heavy atom. The van der Waals surface area contributed by atoms with Gasteiger partial charge in [0.25, 0.3) is 0 Å². The normalized spacial score (nSPS) is 10.4. The van der Waals surface area contributed by atoms with Crippen molar-refractivity contribution in [1.29, 1.82) is 0 Å². The Morgan fingerprint density at radius 1 is 1.28 bits per heavy atom. The Labute approximate surface area is 106 Å². The van der Waals surface area contributed by atoms with Gasteiger partial charge in [0.15, 0.2) is 11.5 Å². The number of nitrogens with zero attached hydrogens (tertiary/aromatic N) is 1. The molecule has 0 radical (unpaired) electrons. The summed E-state index contributed by atoms with van der Waals surface area (Å²) in [5.74, 6) is 1.44. The SMILES string of the molecule is CCOc1cc(-c2cc(CN)[nH]n2)ccc1OC. The minimum Gasteiger partial charge on any atom is -0.493 e. The van der Waals surface area contributed by atoms with Crippen LogP contribution in [0.2, 0.25) is 0 Å². The second-order valence-corrected chi connectivity index (χ2v) is 3.78. The van der Waals surface area contributed by atoms with E-state index in [0.29, 0.717) is 13.2 Å². The Bertz CT molecular complexity index is 523. The van der Waals surface area contributed by atoms with Crippen LogP contribution in [0.4, 0.5) is 0 Å². The lowest BCUT2D eigenvalue weighted by Gasteiger charge is -2.10. The molecule has 0 saturated carbocycles. The number of H-pyrrole nitrogens is 1. The Kier molecular flexibility index (Phi) is 3.84. The molecule has 0 atom stereocenters.